The van der Waals surface area contributed by atoms with Crippen LogP contribution in [0, 0.1) is 0 Å². The van der Waals surface area contributed by atoms with Crippen molar-refractivity contribution in [2.75, 3.05) is 37.9 Å². The minimum Gasteiger partial charge on any atom is -0.497 e. The second-order valence-electron chi connectivity index (χ2n) is 8.28. The van der Waals surface area contributed by atoms with Crippen molar-refractivity contribution >= 4 is 39.1 Å². The predicted octanol–water partition coefficient (Wildman–Crippen LogP) is 3.46. The second-order valence-corrected chi connectivity index (χ2v) is 10.6. The van der Waals surface area contributed by atoms with E-state index in [1.165, 1.54) is 24.1 Å². The molecule has 0 heterocycles. The van der Waals surface area contributed by atoms with Gasteiger partial charge < -0.3 is 19.7 Å². The lowest BCUT2D eigenvalue weighted by molar-refractivity contribution is -0.139. The van der Waals surface area contributed by atoms with Crippen LogP contribution in [0.1, 0.15) is 32.3 Å². The molecule has 0 aliphatic rings. The Kier molecular flexibility index (Phi) is 10.9. The van der Waals surface area contributed by atoms with Crippen LogP contribution >= 0.6 is 11.6 Å². The summed E-state index contributed by atoms with van der Waals surface area (Å²) in [5.74, 6) is 0.0101. The monoisotopic (exact) mass is 539 g/mol. The Bertz CT molecular complexity index is 1140. The number of anilines is 1. The number of nitrogens with zero attached hydrogens (tertiary/aromatic N) is 2. The third-order valence-electron chi connectivity index (χ3n) is 5.60. The molecule has 1 N–H and O–H groups in total. The molecule has 9 nitrogen and oxygen atoms in total. The lowest BCUT2D eigenvalue weighted by Crippen LogP contribution is -2.51. The van der Waals surface area contributed by atoms with Crippen LogP contribution in [0.4, 0.5) is 5.69 Å². The summed E-state index contributed by atoms with van der Waals surface area (Å²) in [5, 5.41) is 3.12. The molecule has 198 valence electrons. The third kappa shape index (κ3) is 8.03. The van der Waals surface area contributed by atoms with Crippen LogP contribution in [0.3, 0.4) is 0 Å². The maximum atomic E-state index is 13.6. The Balaban J connectivity index is 2.41. The molecule has 0 aliphatic carbocycles. The number of benzene rings is 2. The fourth-order valence-corrected chi connectivity index (χ4v) is 4.51. The lowest BCUT2D eigenvalue weighted by Gasteiger charge is -2.32. The van der Waals surface area contributed by atoms with Crippen LogP contribution in [0.5, 0.6) is 11.5 Å². The molecule has 0 aliphatic heterocycles. The van der Waals surface area contributed by atoms with E-state index in [1.807, 2.05) is 6.92 Å². The van der Waals surface area contributed by atoms with E-state index in [9.17, 15) is 18.0 Å². The highest BCUT2D eigenvalue weighted by molar-refractivity contribution is 7.92. The fraction of sp³-hybridized carbons (Fsp3) is 0.440. The number of carbonyl (C=O) groups is 2. The molecule has 2 rings (SSSR count). The predicted molar refractivity (Wildman–Crippen MR) is 141 cm³/mol. The molecule has 0 aromatic heterocycles. The molecule has 0 radical (unpaired) electrons. The lowest BCUT2D eigenvalue weighted by atomic mass is 10.1. The number of carbonyl (C=O) groups excluding carboxylic acids is 2. The van der Waals surface area contributed by atoms with Crippen LogP contribution in [0.15, 0.2) is 42.5 Å². The number of hydrogen-bond donors (Lipinski definition) is 1. The number of halogens is 1. The van der Waals surface area contributed by atoms with Crippen LogP contribution in [-0.4, -0.2) is 64.7 Å². The molecule has 0 saturated heterocycles. The highest BCUT2D eigenvalue weighted by atomic mass is 35.5. The maximum absolute atomic E-state index is 13.6. The molecular weight excluding hydrogens is 506 g/mol. The zero-order valence-electron chi connectivity index (χ0n) is 21.3. The summed E-state index contributed by atoms with van der Waals surface area (Å²) in [5.41, 5.74) is 0.883. The molecule has 2 amide bonds. The summed E-state index contributed by atoms with van der Waals surface area (Å²) in [7, 11) is -0.962. The number of rotatable bonds is 13. The van der Waals surface area contributed by atoms with Gasteiger partial charge in [0.15, 0.2) is 0 Å². The number of amides is 2. The quantitative estimate of drug-likeness (QED) is 0.391. The average Bonchev–Trinajstić information content (AvgIpc) is 2.85. The van der Waals surface area contributed by atoms with E-state index >= 15 is 0 Å². The average molecular weight is 540 g/mol. The second kappa shape index (κ2) is 13.4. The molecule has 2 aromatic rings. The summed E-state index contributed by atoms with van der Waals surface area (Å²) < 4.78 is 36.9. The minimum absolute atomic E-state index is 0.0927. The summed E-state index contributed by atoms with van der Waals surface area (Å²) in [6.07, 6.45) is 2.71. The number of nitrogens with one attached hydrogen (secondary N) is 1. The van der Waals surface area contributed by atoms with Crippen LogP contribution in [0.2, 0.25) is 5.02 Å². The highest BCUT2D eigenvalue weighted by Gasteiger charge is 2.31. The first-order valence-electron chi connectivity index (χ1n) is 11.5. The van der Waals surface area contributed by atoms with Gasteiger partial charge in [0.25, 0.3) is 0 Å². The highest BCUT2D eigenvalue weighted by Crippen LogP contribution is 2.33. The van der Waals surface area contributed by atoms with E-state index < -0.39 is 28.5 Å². The molecule has 36 heavy (non-hydrogen) atoms. The van der Waals surface area contributed by atoms with Crippen molar-refractivity contribution in [2.24, 2.45) is 0 Å². The summed E-state index contributed by atoms with van der Waals surface area (Å²) in [6, 6.07) is 10.7. The van der Waals surface area contributed by atoms with Gasteiger partial charge in [-0.25, -0.2) is 8.42 Å². The van der Waals surface area contributed by atoms with Crippen molar-refractivity contribution in [3.05, 3.63) is 53.1 Å². The Hall–Kier alpha value is -2.98. The van der Waals surface area contributed by atoms with E-state index in [-0.39, 0.29) is 28.9 Å². The number of methoxy groups -OCH3 is 2. The number of unbranched alkanes of at least 4 members (excludes halogenated alkanes) is 1. The largest absolute Gasteiger partial charge is 0.497 e. The maximum Gasteiger partial charge on any atom is 0.244 e. The third-order valence-corrected chi connectivity index (χ3v) is 6.96. The van der Waals surface area contributed by atoms with E-state index in [0.29, 0.717) is 12.3 Å². The van der Waals surface area contributed by atoms with Gasteiger partial charge in [-0.05, 0) is 49.2 Å². The molecule has 0 saturated carbocycles. The van der Waals surface area contributed by atoms with Crippen molar-refractivity contribution in [2.45, 2.75) is 39.3 Å². The van der Waals surface area contributed by atoms with E-state index in [4.69, 9.17) is 21.1 Å². The number of sulfonamides is 1. The molecule has 11 heteroatoms. The smallest absolute Gasteiger partial charge is 0.244 e. The SMILES string of the molecule is CCCCNC(=O)[C@H](C)N(Cc1ccc(OC)cc1)C(=O)CN(c1cc(Cl)ccc1OC)S(C)(=O)=O. The van der Waals surface area contributed by atoms with Gasteiger partial charge in [0.05, 0.1) is 26.2 Å². The Morgan fingerprint density at radius 1 is 1.08 bits per heavy atom. The number of hydrogen-bond acceptors (Lipinski definition) is 6. The molecule has 0 unspecified atom stereocenters. The van der Waals surface area contributed by atoms with Gasteiger partial charge in [0.1, 0.15) is 24.1 Å². The topological polar surface area (TPSA) is 105 Å². The first-order chi connectivity index (χ1) is 17.0. The van der Waals surface area contributed by atoms with Gasteiger partial charge >= 0.3 is 0 Å². The van der Waals surface area contributed by atoms with Gasteiger partial charge in [-0.2, -0.15) is 0 Å². The Morgan fingerprint density at radius 3 is 2.31 bits per heavy atom. The fourth-order valence-electron chi connectivity index (χ4n) is 3.50. The van der Waals surface area contributed by atoms with Crippen molar-refractivity contribution in [3.63, 3.8) is 0 Å². The van der Waals surface area contributed by atoms with Gasteiger partial charge in [-0.3, -0.25) is 13.9 Å². The molecule has 1 atom stereocenters. The minimum atomic E-state index is -3.91. The summed E-state index contributed by atoms with van der Waals surface area (Å²) in [4.78, 5) is 27.8. The van der Waals surface area contributed by atoms with Crippen LogP contribution in [-0.2, 0) is 26.2 Å². The van der Waals surface area contributed by atoms with Crippen molar-refractivity contribution in [3.8, 4) is 11.5 Å². The molecule has 2 aromatic carbocycles. The molecule has 0 fully saturated rings. The molecule has 0 spiro atoms. The van der Waals surface area contributed by atoms with E-state index in [2.05, 4.69) is 5.32 Å². The van der Waals surface area contributed by atoms with Crippen molar-refractivity contribution < 1.29 is 27.5 Å². The standard InChI is InChI=1S/C25H34ClN3O6S/c1-6-7-14-27-25(31)18(2)28(16-19-8-11-21(34-3)12-9-19)24(30)17-29(36(5,32)33)22-15-20(26)10-13-23(22)35-4/h8-13,15,18H,6-7,14,16-17H2,1-5H3,(H,27,31)/t18-/m0/s1. The van der Waals surface area contributed by atoms with Crippen LogP contribution in [0.25, 0.3) is 0 Å². The Labute approximate surface area is 218 Å². The zero-order valence-corrected chi connectivity index (χ0v) is 22.9. The Morgan fingerprint density at radius 2 is 1.75 bits per heavy atom. The van der Waals surface area contributed by atoms with Gasteiger partial charge in [0.2, 0.25) is 21.8 Å². The molecular formula is C25H34ClN3O6S. The number of ether oxygens (including phenoxy) is 2. The van der Waals surface area contributed by atoms with Gasteiger partial charge in [-0.15, -0.1) is 0 Å². The first-order valence-corrected chi connectivity index (χ1v) is 13.8. The zero-order chi connectivity index (χ0) is 26.9. The first kappa shape index (κ1) is 29.3. The van der Waals surface area contributed by atoms with E-state index in [1.54, 1.807) is 44.4 Å². The summed E-state index contributed by atoms with van der Waals surface area (Å²) in [6.45, 7) is 3.67. The van der Waals surface area contributed by atoms with Crippen molar-refractivity contribution in [1.82, 2.24) is 10.2 Å². The van der Waals surface area contributed by atoms with E-state index in [0.717, 1.165) is 29.0 Å². The normalized spacial score (nSPS) is 11.9. The van der Waals surface area contributed by atoms with Gasteiger partial charge in [0, 0.05) is 18.1 Å². The van der Waals surface area contributed by atoms with Crippen LogP contribution < -0.4 is 19.1 Å². The summed E-state index contributed by atoms with van der Waals surface area (Å²) >= 11 is 6.12. The molecule has 0 bridgehead atoms. The van der Waals surface area contributed by atoms with Gasteiger partial charge in [-0.1, -0.05) is 37.1 Å². The van der Waals surface area contributed by atoms with Crippen molar-refractivity contribution in [1.29, 1.82) is 0 Å².